The van der Waals surface area contributed by atoms with Gasteiger partial charge in [-0.2, -0.15) is 0 Å². The molecule has 0 saturated carbocycles. The van der Waals surface area contributed by atoms with Crippen LogP contribution < -0.4 is 15.8 Å². The topological polar surface area (TPSA) is 72.1 Å². The van der Waals surface area contributed by atoms with Gasteiger partial charge in [0.25, 0.3) is 0 Å². The third-order valence-corrected chi connectivity index (χ3v) is 4.80. The minimum Gasteiger partial charge on any atom is -0.404 e. The first-order chi connectivity index (χ1) is 14.7. The van der Waals surface area contributed by atoms with Gasteiger partial charge in [0.05, 0.1) is 24.4 Å². The number of morpholine rings is 1. The molecule has 0 aromatic heterocycles. The van der Waals surface area contributed by atoms with Gasteiger partial charge < -0.3 is 20.5 Å². The summed E-state index contributed by atoms with van der Waals surface area (Å²) in [6, 6.07) is 13.6. The van der Waals surface area contributed by atoms with E-state index >= 15 is 0 Å². The van der Waals surface area contributed by atoms with Crippen LogP contribution in [0.3, 0.4) is 0 Å². The predicted octanol–water partition coefficient (Wildman–Crippen LogP) is 4.12. The predicted molar refractivity (Wildman–Crippen MR) is 114 cm³/mol. The Morgan fingerprint density at radius 2 is 1.71 bits per heavy atom. The first-order valence-corrected chi connectivity index (χ1v) is 10.1. The van der Waals surface area contributed by atoms with Gasteiger partial charge in [0.2, 0.25) is 0 Å². The smallest absolute Gasteiger partial charge is 0.404 e. The van der Waals surface area contributed by atoms with Crippen LogP contribution in [0.15, 0.2) is 53.5 Å². The van der Waals surface area contributed by atoms with Crippen LogP contribution in [0, 0.1) is 0 Å². The molecule has 6 nitrogen and oxygen atoms in total. The quantitative estimate of drug-likeness (QED) is 0.527. The molecule has 0 radical (unpaired) electrons. The SMILES string of the molecule is CC1CN(Cc2ccccc2CN=C(N)Nc2ccccc2OC(F)(F)F)CC(C)O1. The zero-order valence-corrected chi connectivity index (χ0v) is 17.5. The van der Waals surface area contributed by atoms with Crippen molar-refractivity contribution in [2.45, 2.75) is 45.5 Å². The summed E-state index contributed by atoms with van der Waals surface area (Å²) in [5.41, 5.74) is 8.15. The molecule has 0 aliphatic carbocycles. The highest BCUT2D eigenvalue weighted by Gasteiger charge is 2.32. The van der Waals surface area contributed by atoms with Crippen LogP contribution >= 0.6 is 0 Å². The van der Waals surface area contributed by atoms with Crippen LogP contribution in [0.25, 0.3) is 0 Å². The molecule has 1 aliphatic rings. The highest BCUT2D eigenvalue weighted by Crippen LogP contribution is 2.29. The summed E-state index contributed by atoms with van der Waals surface area (Å²) >= 11 is 0. The summed E-state index contributed by atoms with van der Waals surface area (Å²) in [5.74, 6) is -0.370. The Hall–Kier alpha value is -2.78. The average Bonchev–Trinajstić information content (AvgIpc) is 2.67. The Morgan fingerprint density at radius 1 is 1.10 bits per heavy atom. The van der Waals surface area contributed by atoms with Crippen molar-refractivity contribution in [3.8, 4) is 5.75 Å². The van der Waals surface area contributed by atoms with Crippen LogP contribution in [-0.4, -0.2) is 42.5 Å². The lowest BCUT2D eigenvalue weighted by atomic mass is 10.1. The van der Waals surface area contributed by atoms with Crippen molar-refractivity contribution in [1.29, 1.82) is 0 Å². The fourth-order valence-electron chi connectivity index (χ4n) is 3.65. The molecule has 1 saturated heterocycles. The standard InChI is InChI=1S/C22H27F3N4O2/c1-15-12-29(13-16(2)30-15)14-18-8-4-3-7-17(18)11-27-21(26)28-19-9-5-6-10-20(19)31-22(23,24)25/h3-10,15-16H,11-14H2,1-2H3,(H3,26,27,28). The molecule has 1 heterocycles. The monoisotopic (exact) mass is 436 g/mol. The molecule has 2 unspecified atom stereocenters. The van der Waals surface area contributed by atoms with Crippen molar-refractivity contribution >= 4 is 11.6 Å². The number of aliphatic imine (C=N–C) groups is 1. The first-order valence-electron chi connectivity index (χ1n) is 10.1. The van der Waals surface area contributed by atoms with Gasteiger partial charge in [-0.15, -0.1) is 13.2 Å². The zero-order chi connectivity index (χ0) is 22.4. The van der Waals surface area contributed by atoms with Gasteiger partial charge in [-0.25, -0.2) is 4.99 Å². The Morgan fingerprint density at radius 3 is 2.39 bits per heavy atom. The normalized spacial score (nSPS) is 20.5. The number of anilines is 1. The fourth-order valence-corrected chi connectivity index (χ4v) is 3.65. The summed E-state index contributed by atoms with van der Waals surface area (Å²) in [6.07, 6.45) is -4.45. The molecule has 3 N–H and O–H groups in total. The molecule has 1 aliphatic heterocycles. The van der Waals surface area contributed by atoms with Crippen molar-refractivity contribution in [2.24, 2.45) is 10.7 Å². The van der Waals surface area contributed by atoms with Crippen LogP contribution in [0.1, 0.15) is 25.0 Å². The minimum absolute atomic E-state index is 0.00152. The number of rotatable bonds is 6. The maximum atomic E-state index is 12.6. The summed E-state index contributed by atoms with van der Waals surface area (Å²) in [7, 11) is 0. The van der Waals surface area contributed by atoms with Crippen molar-refractivity contribution in [3.05, 3.63) is 59.7 Å². The molecule has 3 rings (SSSR count). The number of hydrogen-bond acceptors (Lipinski definition) is 4. The molecule has 2 aromatic rings. The number of hydrogen-bond donors (Lipinski definition) is 2. The summed E-state index contributed by atoms with van der Waals surface area (Å²) in [5, 5.41) is 2.69. The number of para-hydroxylation sites is 2. The highest BCUT2D eigenvalue weighted by atomic mass is 19.4. The minimum atomic E-state index is -4.79. The molecule has 2 aromatic carbocycles. The van der Waals surface area contributed by atoms with E-state index < -0.39 is 6.36 Å². The summed E-state index contributed by atoms with van der Waals surface area (Å²) in [6.45, 7) is 6.88. The third-order valence-electron chi connectivity index (χ3n) is 4.80. The summed E-state index contributed by atoms with van der Waals surface area (Å²) < 4.78 is 47.6. The lowest BCUT2D eigenvalue weighted by Crippen LogP contribution is -2.44. The molecule has 31 heavy (non-hydrogen) atoms. The second-order valence-corrected chi connectivity index (χ2v) is 7.59. The van der Waals surface area contributed by atoms with E-state index in [0.717, 1.165) is 30.8 Å². The summed E-state index contributed by atoms with van der Waals surface area (Å²) in [4.78, 5) is 6.66. The second kappa shape index (κ2) is 10.0. The molecule has 168 valence electrons. The van der Waals surface area contributed by atoms with Gasteiger partial charge >= 0.3 is 6.36 Å². The van der Waals surface area contributed by atoms with E-state index in [1.807, 2.05) is 24.3 Å². The van der Waals surface area contributed by atoms with Crippen LogP contribution in [0.5, 0.6) is 5.75 Å². The maximum absolute atomic E-state index is 12.6. The number of halogens is 3. The van der Waals surface area contributed by atoms with Crippen molar-refractivity contribution < 1.29 is 22.6 Å². The molecule has 1 fully saturated rings. The van der Waals surface area contributed by atoms with Crippen LogP contribution in [0.4, 0.5) is 18.9 Å². The van der Waals surface area contributed by atoms with E-state index in [1.165, 1.54) is 18.2 Å². The number of benzene rings is 2. The number of guanidine groups is 1. The lowest BCUT2D eigenvalue weighted by Gasteiger charge is -2.35. The van der Waals surface area contributed by atoms with Gasteiger partial charge in [0, 0.05) is 19.6 Å². The van der Waals surface area contributed by atoms with E-state index in [2.05, 4.69) is 33.8 Å². The number of nitrogens with two attached hydrogens (primary N) is 1. The molecular weight excluding hydrogens is 409 g/mol. The van der Waals surface area contributed by atoms with E-state index in [1.54, 1.807) is 6.07 Å². The zero-order valence-electron chi connectivity index (χ0n) is 17.5. The Kier molecular flexibility index (Phi) is 7.40. The second-order valence-electron chi connectivity index (χ2n) is 7.59. The van der Waals surface area contributed by atoms with Gasteiger partial charge in [0.15, 0.2) is 11.7 Å². The number of nitrogens with zero attached hydrogens (tertiary/aromatic N) is 2. The Bertz CT molecular complexity index is 894. The Labute approximate surface area is 179 Å². The van der Waals surface area contributed by atoms with E-state index in [9.17, 15) is 13.2 Å². The first kappa shape index (κ1) is 22.9. The lowest BCUT2D eigenvalue weighted by molar-refractivity contribution is -0.274. The molecule has 0 amide bonds. The van der Waals surface area contributed by atoms with Gasteiger partial charge in [0.1, 0.15) is 0 Å². The molecule has 0 spiro atoms. The maximum Gasteiger partial charge on any atom is 0.573 e. The van der Waals surface area contributed by atoms with Gasteiger partial charge in [-0.1, -0.05) is 36.4 Å². The van der Waals surface area contributed by atoms with Gasteiger partial charge in [-0.3, -0.25) is 4.90 Å². The van der Waals surface area contributed by atoms with E-state index in [-0.39, 0.29) is 29.6 Å². The Balaban J connectivity index is 1.67. The fraction of sp³-hybridized carbons (Fsp3) is 0.409. The van der Waals surface area contributed by atoms with Crippen LogP contribution in [0.2, 0.25) is 0 Å². The van der Waals surface area contributed by atoms with Crippen molar-refractivity contribution in [1.82, 2.24) is 4.90 Å². The van der Waals surface area contributed by atoms with Crippen molar-refractivity contribution in [2.75, 3.05) is 18.4 Å². The number of nitrogens with one attached hydrogen (secondary N) is 1. The van der Waals surface area contributed by atoms with Gasteiger partial charge in [-0.05, 0) is 37.1 Å². The molecule has 0 bridgehead atoms. The highest BCUT2D eigenvalue weighted by molar-refractivity contribution is 5.93. The number of ether oxygens (including phenoxy) is 2. The molecule has 2 atom stereocenters. The molecule has 9 heteroatoms. The van der Waals surface area contributed by atoms with E-state index in [0.29, 0.717) is 6.54 Å². The number of alkyl halides is 3. The van der Waals surface area contributed by atoms with Crippen LogP contribution in [-0.2, 0) is 17.8 Å². The molecular formula is C22H27F3N4O2. The third kappa shape index (κ3) is 7.15. The van der Waals surface area contributed by atoms with E-state index in [4.69, 9.17) is 10.5 Å². The average molecular weight is 436 g/mol. The van der Waals surface area contributed by atoms with Crippen molar-refractivity contribution in [3.63, 3.8) is 0 Å². The largest absolute Gasteiger partial charge is 0.573 e.